The summed E-state index contributed by atoms with van der Waals surface area (Å²) < 4.78 is 65.3. The van der Waals surface area contributed by atoms with Gasteiger partial charge in [-0.1, -0.05) is 11.6 Å². The molecule has 0 radical (unpaired) electrons. The molecule has 12 heteroatoms. The number of carbonyl (C=O) groups excluding carboxylic acids is 1. The summed E-state index contributed by atoms with van der Waals surface area (Å²) in [6.45, 7) is 3.08. The number of fused-ring (bicyclic) bond motifs is 1. The van der Waals surface area contributed by atoms with Crippen molar-refractivity contribution in [3.8, 4) is 23.4 Å². The number of ether oxygens (including phenoxy) is 2. The molecule has 4 rings (SSSR count). The summed E-state index contributed by atoms with van der Waals surface area (Å²) >= 11 is 6.30. The smallest absolute Gasteiger partial charge is 0.425 e. The third-order valence-electron chi connectivity index (χ3n) is 5.83. The Balaban J connectivity index is 1.71. The Morgan fingerprint density at radius 3 is 2.57 bits per heavy atom. The van der Waals surface area contributed by atoms with Crippen molar-refractivity contribution in [1.29, 1.82) is 5.26 Å². The number of aromatic nitrogens is 2. The minimum absolute atomic E-state index is 0.0199. The van der Waals surface area contributed by atoms with Gasteiger partial charge < -0.3 is 14.4 Å². The lowest BCUT2D eigenvalue weighted by Gasteiger charge is -2.28. The van der Waals surface area contributed by atoms with E-state index in [4.69, 9.17) is 21.1 Å². The first kappa shape index (κ1) is 26.3. The molecule has 0 aliphatic carbocycles. The number of halogens is 5. The lowest BCUT2D eigenvalue weighted by Crippen LogP contribution is -2.37. The van der Waals surface area contributed by atoms with Crippen LogP contribution in [-0.4, -0.2) is 46.0 Å². The average molecular weight is 537 g/mol. The van der Waals surface area contributed by atoms with Gasteiger partial charge in [0.15, 0.2) is 6.10 Å². The molecule has 194 valence electrons. The van der Waals surface area contributed by atoms with Crippen LogP contribution in [0.1, 0.15) is 41.0 Å². The number of nitrogens with zero attached hydrogens (tertiary/aromatic N) is 4. The minimum atomic E-state index is -4.68. The highest BCUT2D eigenvalue weighted by Gasteiger charge is 2.39. The average Bonchev–Trinajstić information content (AvgIpc) is 3.21. The maximum atomic E-state index is 13.6. The molecule has 2 heterocycles. The van der Waals surface area contributed by atoms with Gasteiger partial charge >= 0.3 is 6.18 Å². The molecule has 2 aromatic carbocycles. The first-order valence-corrected chi connectivity index (χ1v) is 11.7. The van der Waals surface area contributed by atoms with Crippen LogP contribution in [0.2, 0.25) is 5.02 Å². The summed E-state index contributed by atoms with van der Waals surface area (Å²) in [5.41, 5.74) is 1.41. The molecule has 1 aliphatic rings. The topological polar surface area (TPSA) is 80.4 Å². The van der Waals surface area contributed by atoms with Gasteiger partial charge in [-0.2, -0.15) is 23.5 Å². The Bertz CT molecular complexity index is 1370. The fourth-order valence-electron chi connectivity index (χ4n) is 3.92. The number of rotatable bonds is 6. The number of benzene rings is 2. The molecule has 1 unspecified atom stereocenters. The number of amides is 1. The first-order chi connectivity index (χ1) is 17.5. The van der Waals surface area contributed by atoms with Crippen LogP contribution in [0.15, 0.2) is 36.4 Å². The maximum absolute atomic E-state index is 13.6. The Morgan fingerprint density at radius 1 is 1.24 bits per heavy atom. The van der Waals surface area contributed by atoms with E-state index in [1.807, 2.05) is 6.07 Å². The van der Waals surface area contributed by atoms with Crippen LogP contribution in [0.5, 0.6) is 11.6 Å². The van der Waals surface area contributed by atoms with Crippen molar-refractivity contribution >= 4 is 17.5 Å². The zero-order chi connectivity index (χ0) is 26.9. The second-order valence-corrected chi connectivity index (χ2v) is 8.62. The molecule has 7 nitrogen and oxygen atoms in total. The highest BCUT2D eigenvalue weighted by atomic mass is 35.5. The van der Waals surface area contributed by atoms with Crippen LogP contribution in [0.4, 0.5) is 17.6 Å². The van der Waals surface area contributed by atoms with E-state index in [0.717, 1.165) is 13.0 Å². The summed E-state index contributed by atoms with van der Waals surface area (Å²) in [6.07, 6.45) is -6.57. The monoisotopic (exact) mass is 536 g/mol. The minimum Gasteiger partial charge on any atom is -0.480 e. The van der Waals surface area contributed by atoms with E-state index >= 15 is 0 Å². The van der Waals surface area contributed by atoms with E-state index < -0.39 is 24.0 Å². The molecule has 0 N–H and O–H groups in total. The summed E-state index contributed by atoms with van der Waals surface area (Å²) in [5.74, 6) is -1.13. The van der Waals surface area contributed by atoms with Crippen molar-refractivity contribution in [2.75, 3.05) is 13.2 Å². The fourth-order valence-corrected chi connectivity index (χ4v) is 4.20. The van der Waals surface area contributed by atoms with E-state index in [0.29, 0.717) is 29.2 Å². The second-order valence-electron chi connectivity index (χ2n) is 8.24. The molecule has 1 amide bonds. The molecule has 0 bridgehead atoms. The van der Waals surface area contributed by atoms with Crippen molar-refractivity contribution in [2.45, 2.75) is 39.1 Å². The van der Waals surface area contributed by atoms with Gasteiger partial charge in [0.05, 0.1) is 40.7 Å². The van der Waals surface area contributed by atoms with Crippen molar-refractivity contribution in [3.05, 3.63) is 69.6 Å². The Labute approximate surface area is 214 Å². The lowest BCUT2D eigenvalue weighted by molar-refractivity contribution is -0.189. The number of hydrogen-bond donors (Lipinski definition) is 0. The third-order valence-corrected chi connectivity index (χ3v) is 6.22. The van der Waals surface area contributed by atoms with Gasteiger partial charge in [-0.05, 0) is 50.2 Å². The second kappa shape index (κ2) is 10.3. The molecule has 1 aromatic heterocycles. The SMILES string of the molecule is CCOc1c2c(nn1-c1ccc(F)cc1)CCN(C(=O)c1c(OC(C)C(F)(F)F)ccc(C#N)c1Cl)C2. The maximum Gasteiger partial charge on any atom is 0.425 e. The van der Waals surface area contributed by atoms with Gasteiger partial charge in [0.25, 0.3) is 5.91 Å². The normalized spacial score (nSPS) is 14.1. The molecule has 1 atom stereocenters. The summed E-state index contributed by atoms with van der Waals surface area (Å²) in [4.78, 5) is 15.0. The molecule has 0 fully saturated rings. The molecule has 0 saturated heterocycles. The molecule has 1 aliphatic heterocycles. The van der Waals surface area contributed by atoms with Crippen LogP contribution in [-0.2, 0) is 13.0 Å². The lowest BCUT2D eigenvalue weighted by atomic mass is 10.0. The van der Waals surface area contributed by atoms with E-state index in [-0.39, 0.29) is 41.6 Å². The quantitative estimate of drug-likeness (QED) is 0.391. The van der Waals surface area contributed by atoms with Crippen LogP contribution in [0, 0.1) is 17.1 Å². The number of nitriles is 1. The van der Waals surface area contributed by atoms with Gasteiger partial charge in [0, 0.05) is 13.0 Å². The zero-order valence-electron chi connectivity index (χ0n) is 19.8. The Morgan fingerprint density at radius 2 is 1.95 bits per heavy atom. The Kier molecular flexibility index (Phi) is 7.32. The largest absolute Gasteiger partial charge is 0.480 e. The predicted octanol–water partition coefficient (Wildman–Crippen LogP) is 5.46. The summed E-state index contributed by atoms with van der Waals surface area (Å²) in [6, 6.07) is 9.82. The van der Waals surface area contributed by atoms with Crippen molar-refractivity contribution < 1.29 is 31.8 Å². The highest BCUT2D eigenvalue weighted by Crippen LogP contribution is 2.36. The van der Waals surface area contributed by atoms with Crippen molar-refractivity contribution in [3.63, 3.8) is 0 Å². The Hall–Kier alpha value is -3.78. The van der Waals surface area contributed by atoms with Crippen LogP contribution < -0.4 is 9.47 Å². The zero-order valence-corrected chi connectivity index (χ0v) is 20.5. The van der Waals surface area contributed by atoms with Gasteiger partial charge in [-0.15, -0.1) is 0 Å². The summed E-state index contributed by atoms with van der Waals surface area (Å²) in [5, 5.41) is 13.6. The van der Waals surface area contributed by atoms with Crippen LogP contribution in [0.25, 0.3) is 5.69 Å². The van der Waals surface area contributed by atoms with Crippen molar-refractivity contribution in [1.82, 2.24) is 14.7 Å². The molecule has 3 aromatic rings. The third kappa shape index (κ3) is 5.20. The van der Waals surface area contributed by atoms with Crippen LogP contribution >= 0.6 is 11.6 Å². The number of carbonyl (C=O) groups is 1. The van der Waals surface area contributed by atoms with Gasteiger partial charge in [-0.25, -0.2) is 9.07 Å². The van der Waals surface area contributed by atoms with E-state index in [9.17, 15) is 27.6 Å². The first-order valence-electron chi connectivity index (χ1n) is 11.3. The summed E-state index contributed by atoms with van der Waals surface area (Å²) in [7, 11) is 0. The van der Waals surface area contributed by atoms with Crippen LogP contribution in [0.3, 0.4) is 0 Å². The van der Waals surface area contributed by atoms with E-state index in [2.05, 4.69) is 5.10 Å². The molecule has 0 spiro atoms. The van der Waals surface area contributed by atoms with E-state index in [1.54, 1.807) is 6.92 Å². The number of alkyl halides is 3. The fraction of sp³-hybridized carbons (Fsp3) is 0.320. The molecular formula is C25H21ClF4N4O3. The molecule has 0 saturated carbocycles. The highest BCUT2D eigenvalue weighted by molar-refractivity contribution is 6.35. The van der Waals surface area contributed by atoms with Gasteiger partial charge in [0.1, 0.15) is 23.2 Å². The molecule has 37 heavy (non-hydrogen) atoms. The number of hydrogen-bond acceptors (Lipinski definition) is 5. The predicted molar refractivity (Wildman–Crippen MR) is 125 cm³/mol. The van der Waals surface area contributed by atoms with Crippen molar-refractivity contribution in [2.24, 2.45) is 0 Å². The standard InChI is InChI=1S/C25H21ClF4N4O3/c1-3-36-24-18-13-33(11-10-19(18)32-34(24)17-7-5-16(27)6-8-17)23(35)21-20(37-14(2)25(28,29)30)9-4-15(12-31)22(21)26/h4-9,14H,3,10-11,13H2,1-2H3. The van der Waals surface area contributed by atoms with Gasteiger partial charge in [0.2, 0.25) is 5.88 Å². The van der Waals surface area contributed by atoms with E-state index in [1.165, 1.54) is 39.9 Å². The molecular weight excluding hydrogens is 516 g/mol. The van der Waals surface area contributed by atoms with Gasteiger partial charge in [-0.3, -0.25) is 4.79 Å².